The molecule has 4 aromatic rings. The molecule has 0 unspecified atom stereocenters. The van der Waals surface area contributed by atoms with E-state index in [1.165, 1.54) is 0 Å². The number of hydrogen-bond acceptors (Lipinski definition) is 6. The van der Waals surface area contributed by atoms with Gasteiger partial charge in [-0.2, -0.15) is 5.10 Å². The fourth-order valence-electron chi connectivity index (χ4n) is 3.75. The Balaban J connectivity index is 1.42. The Bertz CT molecular complexity index is 1360. The SMILES string of the molecule is CC(C)NC(=O)COc1cccc(-c2nc3c(c(Nc4ccc5[nH]ncc5c4)n2)C=CC3)c1. The smallest absolute Gasteiger partial charge is 0.258 e. The summed E-state index contributed by atoms with van der Waals surface area (Å²) in [5, 5.41) is 14.3. The molecule has 8 heteroatoms. The molecule has 0 bridgehead atoms. The zero-order valence-corrected chi connectivity index (χ0v) is 18.4. The quantitative estimate of drug-likeness (QED) is 0.397. The van der Waals surface area contributed by atoms with E-state index in [0.717, 1.165) is 45.6 Å². The van der Waals surface area contributed by atoms with Gasteiger partial charge in [0.1, 0.15) is 11.6 Å². The number of ether oxygens (including phenoxy) is 1. The Morgan fingerprint density at radius 2 is 2.09 bits per heavy atom. The van der Waals surface area contributed by atoms with Gasteiger partial charge in [0.15, 0.2) is 12.4 Å². The van der Waals surface area contributed by atoms with Crippen molar-refractivity contribution < 1.29 is 9.53 Å². The van der Waals surface area contributed by atoms with E-state index in [1.54, 1.807) is 6.20 Å². The van der Waals surface area contributed by atoms with Crippen molar-refractivity contribution in [2.75, 3.05) is 11.9 Å². The van der Waals surface area contributed by atoms with E-state index >= 15 is 0 Å². The summed E-state index contributed by atoms with van der Waals surface area (Å²) in [5.74, 6) is 1.78. The van der Waals surface area contributed by atoms with E-state index in [2.05, 4.69) is 26.9 Å². The number of hydrogen-bond donors (Lipinski definition) is 3. The lowest BCUT2D eigenvalue weighted by Crippen LogP contribution is -2.34. The third-order valence-corrected chi connectivity index (χ3v) is 5.24. The molecule has 0 saturated heterocycles. The fourth-order valence-corrected chi connectivity index (χ4v) is 3.75. The number of H-pyrrole nitrogens is 1. The summed E-state index contributed by atoms with van der Waals surface area (Å²) in [6, 6.07) is 13.6. The highest BCUT2D eigenvalue weighted by Crippen LogP contribution is 2.31. The maximum atomic E-state index is 11.9. The summed E-state index contributed by atoms with van der Waals surface area (Å²) in [7, 11) is 0. The van der Waals surface area contributed by atoms with Crippen LogP contribution in [0.25, 0.3) is 28.4 Å². The average molecular weight is 441 g/mol. The van der Waals surface area contributed by atoms with Crippen LogP contribution in [-0.2, 0) is 11.2 Å². The summed E-state index contributed by atoms with van der Waals surface area (Å²) in [5.41, 5.74) is 4.68. The predicted octanol–water partition coefficient (Wildman–Crippen LogP) is 4.24. The van der Waals surface area contributed by atoms with E-state index in [-0.39, 0.29) is 18.6 Å². The number of aromatic amines is 1. The third-order valence-electron chi connectivity index (χ3n) is 5.24. The van der Waals surface area contributed by atoms with Crippen LogP contribution in [0.4, 0.5) is 11.5 Å². The molecule has 2 aromatic carbocycles. The lowest BCUT2D eigenvalue weighted by atomic mass is 10.1. The molecule has 0 atom stereocenters. The van der Waals surface area contributed by atoms with Crippen LogP contribution in [0, 0.1) is 0 Å². The second-order valence-electron chi connectivity index (χ2n) is 8.20. The monoisotopic (exact) mass is 440 g/mol. The molecule has 0 fully saturated rings. The topological polar surface area (TPSA) is 105 Å². The first-order chi connectivity index (χ1) is 16.0. The number of fused-ring (bicyclic) bond motifs is 2. The van der Waals surface area contributed by atoms with Crippen LogP contribution < -0.4 is 15.4 Å². The van der Waals surface area contributed by atoms with Crippen molar-refractivity contribution in [3.8, 4) is 17.1 Å². The molecular weight excluding hydrogens is 416 g/mol. The molecule has 5 rings (SSSR count). The second kappa shape index (κ2) is 8.74. The number of carbonyl (C=O) groups excluding carboxylic acids is 1. The van der Waals surface area contributed by atoms with Gasteiger partial charge < -0.3 is 15.4 Å². The molecule has 1 aliphatic carbocycles. The molecule has 1 aliphatic rings. The van der Waals surface area contributed by atoms with Gasteiger partial charge in [-0.1, -0.05) is 24.3 Å². The molecule has 0 radical (unpaired) electrons. The van der Waals surface area contributed by atoms with Gasteiger partial charge in [-0.05, 0) is 44.2 Å². The van der Waals surface area contributed by atoms with Crippen molar-refractivity contribution >= 4 is 34.4 Å². The molecule has 0 saturated carbocycles. The van der Waals surface area contributed by atoms with Gasteiger partial charge in [0.05, 0.1) is 17.4 Å². The van der Waals surface area contributed by atoms with Crippen molar-refractivity contribution in [2.45, 2.75) is 26.3 Å². The highest BCUT2D eigenvalue weighted by Gasteiger charge is 2.17. The van der Waals surface area contributed by atoms with E-state index in [0.29, 0.717) is 11.6 Å². The Morgan fingerprint density at radius 1 is 1.18 bits per heavy atom. The third kappa shape index (κ3) is 4.55. The van der Waals surface area contributed by atoms with Crippen LogP contribution in [-0.4, -0.2) is 38.7 Å². The van der Waals surface area contributed by atoms with Crippen molar-refractivity contribution in [1.29, 1.82) is 0 Å². The Hall–Kier alpha value is -4.20. The van der Waals surface area contributed by atoms with Gasteiger partial charge >= 0.3 is 0 Å². The van der Waals surface area contributed by atoms with E-state index in [9.17, 15) is 4.79 Å². The van der Waals surface area contributed by atoms with Crippen molar-refractivity contribution in [1.82, 2.24) is 25.5 Å². The fraction of sp³-hybridized carbons (Fsp3) is 0.200. The number of rotatable bonds is 7. The predicted molar refractivity (Wildman–Crippen MR) is 128 cm³/mol. The zero-order valence-electron chi connectivity index (χ0n) is 18.4. The first kappa shape index (κ1) is 20.7. The maximum Gasteiger partial charge on any atom is 0.258 e. The summed E-state index contributed by atoms with van der Waals surface area (Å²) in [4.78, 5) is 21.5. The summed E-state index contributed by atoms with van der Waals surface area (Å²) >= 11 is 0. The highest BCUT2D eigenvalue weighted by atomic mass is 16.5. The number of benzene rings is 2. The second-order valence-corrected chi connectivity index (χ2v) is 8.20. The van der Waals surface area contributed by atoms with Crippen LogP contribution in [0.1, 0.15) is 25.1 Å². The molecule has 166 valence electrons. The van der Waals surface area contributed by atoms with Gasteiger partial charge in [0.25, 0.3) is 5.91 Å². The zero-order chi connectivity index (χ0) is 22.8. The lowest BCUT2D eigenvalue weighted by Gasteiger charge is -2.13. The van der Waals surface area contributed by atoms with Gasteiger partial charge in [0.2, 0.25) is 0 Å². The summed E-state index contributed by atoms with van der Waals surface area (Å²) in [6.07, 6.45) is 6.68. The van der Waals surface area contributed by atoms with Crippen LogP contribution >= 0.6 is 0 Å². The van der Waals surface area contributed by atoms with Crippen LogP contribution in [0.15, 0.2) is 54.7 Å². The summed E-state index contributed by atoms with van der Waals surface area (Å²) in [6.45, 7) is 3.79. The van der Waals surface area contributed by atoms with Gasteiger partial charge in [-0.15, -0.1) is 0 Å². The minimum absolute atomic E-state index is 0.0418. The number of aromatic nitrogens is 4. The molecule has 2 heterocycles. The number of nitrogens with zero attached hydrogens (tertiary/aromatic N) is 3. The van der Waals surface area contributed by atoms with Gasteiger partial charge in [-0.25, -0.2) is 9.97 Å². The molecule has 0 spiro atoms. The van der Waals surface area contributed by atoms with Crippen LogP contribution in [0.5, 0.6) is 5.75 Å². The maximum absolute atomic E-state index is 11.9. The van der Waals surface area contributed by atoms with Gasteiger partial charge in [-0.3, -0.25) is 9.89 Å². The standard InChI is InChI=1S/C25H24N6O2/c1-15(2)27-23(32)14-33-19-6-3-5-16(12-19)24-29-22-8-4-7-20(22)25(30-24)28-18-9-10-21-17(11-18)13-26-31-21/h3-7,9-13,15H,8,14H2,1-2H3,(H,26,31)(H,27,32)(H,28,29,30). The first-order valence-electron chi connectivity index (χ1n) is 10.9. The van der Waals surface area contributed by atoms with Gasteiger partial charge in [0, 0.05) is 34.7 Å². The number of allylic oxidation sites excluding steroid dienone is 1. The van der Waals surface area contributed by atoms with E-state index < -0.39 is 0 Å². The molecule has 2 aromatic heterocycles. The van der Waals surface area contributed by atoms with Crippen molar-refractivity contribution in [3.05, 3.63) is 66.0 Å². The largest absolute Gasteiger partial charge is 0.484 e. The van der Waals surface area contributed by atoms with Crippen LogP contribution in [0.3, 0.4) is 0 Å². The summed E-state index contributed by atoms with van der Waals surface area (Å²) < 4.78 is 5.68. The minimum Gasteiger partial charge on any atom is -0.484 e. The van der Waals surface area contributed by atoms with Crippen molar-refractivity contribution in [2.24, 2.45) is 0 Å². The molecule has 8 nitrogen and oxygen atoms in total. The Labute approximate surface area is 191 Å². The number of carbonyl (C=O) groups is 1. The Morgan fingerprint density at radius 3 is 2.97 bits per heavy atom. The van der Waals surface area contributed by atoms with E-state index in [4.69, 9.17) is 14.7 Å². The van der Waals surface area contributed by atoms with Crippen molar-refractivity contribution in [3.63, 3.8) is 0 Å². The average Bonchev–Trinajstić information content (AvgIpc) is 3.46. The molecule has 33 heavy (non-hydrogen) atoms. The number of anilines is 2. The molecule has 3 N–H and O–H groups in total. The molecule has 0 aliphatic heterocycles. The minimum atomic E-state index is -0.156. The lowest BCUT2D eigenvalue weighted by molar-refractivity contribution is -0.123. The first-order valence-corrected chi connectivity index (χ1v) is 10.9. The number of nitrogens with one attached hydrogen (secondary N) is 3. The van der Waals surface area contributed by atoms with Crippen LogP contribution in [0.2, 0.25) is 0 Å². The molecule has 1 amide bonds. The number of amides is 1. The molecular formula is C25H24N6O2. The Kier molecular flexibility index (Phi) is 5.48. The van der Waals surface area contributed by atoms with E-state index in [1.807, 2.05) is 62.4 Å². The normalized spacial score (nSPS) is 12.2. The highest BCUT2D eigenvalue weighted by molar-refractivity contribution is 5.84.